The number of hydrogen-bond donors (Lipinski definition) is 2. The summed E-state index contributed by atoms with van der Waals surface area (Å²) < 4.78 is 47.3. The van der Waals surface area contributed by atoms with E-state index in [0.29, 0.717) is 5.69 Å². The molecule has 0 heterocycles. The Labute approximate surface area is 116 Å². The van der Waals surface area contributed by atoms with Crippen LogP contribution in [-0.4, -0.2) is 31.4 Å². The number of rotatable bonds is 4. The minimum atomic E-state index is -4.55. The summed E-state index contributed by atoms with van der Waals surface area (Å²) in [4.78, 5) is -0.401. The Balaban J connectivity index is 2.09. The van der Waals surface area contributed by atoms with Gasteiger partial charge in [0.05, 0.1) is 17.0 Å². The second-order valence-corrected chi connectivity index (χ2v) is 6.85. The Morgan fingerprint density at radius 3 is 2.30 bits per heavy atom. The first kappa shape index (κ1) is 15.2. The Hall–Kier alpha value is -1.21. The topological polar surface area (TPSA) is 66.4 Å². The van der Waals surface area contributed by atoms with Gasteiger partial charge in [-0.1, -0.05) is 12.8 Å². The van der Waals surface area contributed by atoms with Gasteiger partial charge in [0.15, 0.2) is 0 Å². The van der Waals surface area contributed by atoms with Crippen LogP contribution < -0.4 is 5.32 Å². The van der Waals surface area contributed by atoms with Gasteiger partial charge in [-0.15, -0.1) is 0 Å². The minimum Gasteiger partial charge on any atom is -0.391 e. The van der Waals surface area contributed by atoms with E-state index in [-0.39, 0.29) is 6.04 Å². The Morgan fingerprint density at radius 1 is 1.15 bits per heavy atom. The third-order valence-corrected chi connectivity index (χ3v) is 4.90. The highest BCUT2D eigenvalue weighted by atomic mass is 32.2. The lowest BCUT2D eigenvalue weighted by molar-refractivity contribution is 0.116. The van der Waals surface area contributed by atoms with Gasteiger partial charge in [0, 0.05) is 5.69 Å². The number of aliphatic hydroxyl groups is 1. The van der Waals surface area contributed by atoms with Crippen molar-refractivity contribution < 1.29 is 22.3 Å². The van der Waals surface area contributed by atoms with Crippen molar-refractivity contribution in [1.29, 1.82) is 0 Å². The molecule has 2 N–H and O–H groups in total. The van der Waals surface area contributed by atoms with Crippen LogP contribution in [0.1, 0.15) is 25.7 Å². The quantitative estimate of drug-likeness (QED) is 0.896. The molecule has 4 nitrogen and oxygen atoms in total. The van der Waals surface area contributed by atoms with Crippen molar-refractivity contribution in [3.05, 3.63) is 24.3 Å². The van der Waals surface area contributed by atoms with E-state index in [4.69, 9.17) is 0 Å². The van der Waals surface area contributed by atoms with Crippen LogP contribution in [0.2, 0.25) is 0 Å². The average Bonchev–Trinajstić information content (AvgIpc) is 2.42. The minimum absolute atomic E-state index is 0.0821. The van der Waals surface area contributed by atoms with Gasteiger partial charge in [-0.3, -0.25) is 0 Å². The maximum atomic E-state index is 12.4. The molecule has 2 rings (SSSR count). The largest absolute Gasteiger partial charge is 0.391 e. The molecule has 1 aliphatic carbocycles. The van der Waals surface area contributed by atoms with E-state index in [1.54, 1.807) is 0 Å². The van der Waals surface area contributed by atoms with E-state index in [0.717, 1.165) is 37.8 Å². The molecule has 1 aromatic rings. The normalized spacial score (nSPS) is 23.8. The Kier molecular flexibility index (Phi) is 4.59. The van der Waals surface area contributed by atoms with E-state index >= 15 is 0 Å². The van der Waals surface area contributed by atoms with Crippen LogP contribution in [0.5, 0.6) is 0 Å². The smallest absolute Gasteiger partial charge is 0.341 e. The van der Waals surface area contributed by atoms with Gasteiger partial charge >= 0.3 is 5.76 Å². The number of anilines is 1. The van der Waals surface area contributed by atoms with Crippen LogP contribution in [0, 0.1) is 0 Å². The summed E-state index contributed by atoms with van der Waals surface area (Å²) in [6.45, 7) is 0. The van der Waals surface area contributed by atoms with Crippen molar-refractivity contribution >= 4 is 15.5 Å². The zero-order valence-corrected chi connectivity index (χ0v) is 11.6. The molecule has 1 aromatic carbocycles. The third-order valence-electron chi connectivity index (χ3n) is 3.50. The number of sulfone groups is 1. The predicted octanol–water partition coefficient (Wildman–Crippen LogP) is 2.40. The highest BCUT2D eigenvalue weighted by molar-refractivity contribution is 7.91. The van der Waals surface area contributed by atoms with E-state index in [1.807, 2.05) is 0 Å². The monoisotopic (exact) mass is 305 g/mol. The zero-order chi connectivity index (χ0) is 14.8. The molecule has 1 aliphatic rings. The average molecular weight is 305 g/mol. The van der Waals surface area contributed by atoms with Crippen molar-refractivity contribution in [2.45, 2.75) is 48.5 Å². The Bertz CT molecular complexity index is 545. The number of alkyl halides is 2. The lowest BCUT2D eigenvalue weighted by atomic mass is 9.92. The highest BCUT2D eigenvalue weighted by Crippen LogP contribution is 2.24. The standard InChI is InChI=1S/C13H17F2NO3S/c14-13(15)20(18,19)10-7-5-9(6-8-10)16-11-3-1-2-4-12(11)17/h5-8,11-13,16-17H,1-4H2. The fourth-order valence-corrected chi connectivity index (χ4v) is 3.06. The number of halogens is 2. The molecule has 112 valence electrons. The molecule has 0 aromatic heterocycles. The number of benzene rings is 1. The van der Waals surface area contributed by atoms with Crippen molar-refractivity contribution in [2.24, 2.45) is 0 Å². The molecular formula is C13H17F2NO3S. The molecule has 0 spiro atoms. The molecule has 0 radical (unpaired) electrons. The molecule has 7 heteroatoms. The Morgan fingerprint density at radius 2 is 1.75 bits per heavy atom. The van der Waals surface area contributed by atoms with Gasteiger partial charge < -0.3 is 10.4 Å². The SMILES string of the molecule is O=S(=O)(c1ccc(NC2CCCCC2O)cc1)C(F)F. The molecule has 0 bridgehead atoms. The van der Waals surface area contributed by atoms with Gasteiger partial charge in [0.25, 0.3) is 0 Å². The van der Waals surface area contributed by atoms with Crippen molar-refractivity contribution in [2.75, 3.05) is 5.32 Å². The lowest BCUT2D eigenvalue weighted by Crippen LogP contribution is -2.36. The molecule has 0 aliphatic heterocycles. The van der Waals surface area contributed by atoms with Gasteiger partial charge in [-0.05, 0) is 37.1 Å². The van der Waals surface area contributed by atoms with Gasteiger partial charge in [-0.2, -0.15) is 8.78 Å². The summed E-state index contributed by atoms with van der Waals surface area (Å²) in [7, 11) is -4.55. The molecule has 2 atom stereocenters. The number of nitrogens with one attached hydrogen (secondary N) is 1. The molecule has 1 fully saturated rings. The zero-order valence-electron chi connectivity index (χ0n) is 10.8. The maximum Gasteiger partial charge on any atom is 0.341 e. The molecular weight excluding hydrogens is 288 g/mol. The van der Waals surface area contributed by atoms with Gasteiger partial charge in [-0.25, -0.2) is 8.42 Å². The van der Waals surface area contributed by atoms with Crippen molar-refractivity contribution in [1.82, 2.24) is 0 Å². The van der Waals surface area contributed by atoms with E-state index in [1.165, 1.54) is 12.1 Å². The van der Waals surface area contributed by atoms with Crippen molar-refractivity contribution in [3.63, 3.8) is 0 Å². The van der Waals surface area contributed by atoms with Crippen LogP contribution >= 0.6 is 0 Å². The second-order valence-electron chi connectivity index (χ2n) is 4.93. The second kappa shape index (κ2) is 6.05. The number of hydrogen-bond acceptors (Lipinski definition) is 4. The van der Waals surface area contributed by atoms with Crippen LogP contribution in [0.25, 0.3) is 0 Å². The van der Waals surface area contributed by atoms with Crippen LogP contribution in [0.4, 0.5) is 14.5 Å². The number of aliphatic hydroxyl groups excluding tert-OH is 1. The summed E-state index contributed by atoms with van der Waals surface area (Å²) in [5.41, 5.74) is 0.615. The summed E-state index contributed by atoms with van der Waals surface area (Å²) in [5, 5.41) is 12.9. The third kappa shape index (κ3) is 3.27. The molecule has 2 unspecified atom stereocenters. The maximum absolute atomic E-state index is 12.4. The van der Waals surface area contributed by atoms with E-state index < -0.39 is 26.6 Å². The summed E-state index contributed by atoms with van der Waals surface area (Å²) in [5.74, 6) is -3.42. The highest BCUT2D eigenvalue weighted by Gasteiger charge is 2.27. The van der Waals surface area contributed by atoms with Gasteiger partial charge in [0.1, 0.15) is 0 Å². The fraction of sp³-hybridized carbons (Fsp3) is 0.538. The predicted molar refractivity (Wildman–Crippen MR) is 71.5 cm³/mol. The lowest BCUT2D eigenvalue weighted by Gasteiger charge is -2.29. The fourth-order valence-electron chi connectivity index (χ4n) is 2.34. The van der Waals surface area contributed by atoms with Crippen LogP contribution in [-0.2, 0) is 9.84 Å². The van der Waals surface area contributed by atoms with E-state index in [9.17, 15) is 22.3 Å². The first-order chi connectivity index (χ1) is 9.41. The summed E-state index contributed by atoms with van der Waals surface area (Å²) >= 11 is 0. The first-order valence-electron chi connectivity index (χ1n) is 6.48. The molecule has 1 saturated carbocycles. The van der Waals surface area contributed by atoms with Gasteiger partial charge in [0.2, 0.25) is 9.84 Å². The molecule has 20 heavy (non-hydrogen) atoms. The summed E-state index contributed by atoms with van der Waals surface area (Å²) in [6.07, 6.45) is 3.14. The van der Waals surface area contributed by atoms with E-state index in [2.05, 4.69) is 5.32 Å². The van der Waals surface area contributed by atoms with Crippen LogP contribution in [0.3, 0.4) is 0 Å². The molecule has 0 saturated heterocycles. The summed E-state index contributed by atoms with van der Waals surface area (Å²) in [6, 6.07) is 5.10. The first-order valence-corrected chi connectivity index (χ1v) is 8.02. The van der Waals surface area contributed by atoms with Crippen molar-refractivity contribution in [3.8, 4) is 0 Å². The van der Waals surface area contributed by atoms with Crippen LogP contribution in [0.15, 0.2) is 29.2 Å². The molecule has 0 amide bonds.